The summed E-state index contributed by atoms with van der Waals surface area (Å²) in [4.78, 5) is 52.4. The summed E-state index contributed by atoms with van der Waals surface area (Å²) in [6.07, 6.45) is 1.63. The van der Waals surface area contributed by atoms with Crippen LogP contribution in [0.2, 0.25) is 0 Å². The van der Waals surface area contributed by atoms with Gasteiger partial charge >= 0.3 is 17.9 Å². The fraction of sp³-hybridized carbons (Fsp3) is 0.548. The molecule has 2 fully saturated rings. The highest BCUT2D eigenvalue weighted by Crippen LogP contribution is 2.62. The molecule has 7 nitrogen and oxygen atoms in total. The van der Waals surface area contributed by atoms with Crippen LogP contribution in [0, 0.1) is 29.1 Å². The summed E-state index contributed by atoms with van der Waals surface area (Å²) in [5.41, 5.74) is -0.203. The normalized spacial score (nSPS) is 35.5. The molecule has 38 heavy (non-hydrogen) atoms. The highest BCUT2D eigenvalue weighted by atomic mass is 16.6. The number of carbonyl (C=O) groups is 4. The van der Waals surface area contributed by atoms with E-state index in [1.807, 2.05) is 13.0 Å². The third-order valence-electron chi connectivity index (χ3n) is 8.77. The van der Waals surface area contributed by atoms with Gasteiger partial charge in [0.15, 0.2) is 5.60 Å². The second kappa shape index (κ2) is 10.2. The van der Waals surface area contributed by atoms with Crippen LogP contribution in [0.5, 0.6) is 0 Å². The Balaban J connectivity index is 1.87. The number of ketones is 1. The molecule has 204 valence electrons. The molecule has 0 saturated heterocycles. The van der Waals surface area contributed by atoms with Crippen molar-refractivity contribution in [2.24, 2.45) is 29.1 Å². The molecule has 1 aromatic rings. The Bertz CT molecular complexity index is 1180. The Morgan fingerprint density at radius 1 is 1.03 bits per heavy atom. The molecule has 0 N–H and O–H groups in total. The van der Waals surface area contributed by atoms with Crippen LogP contribution < -0.4 is 0 Å². The van der Waals surface area contributed by atoms with Crippen LogP contribution in [0.3, 0.4) is 0 Å². The van der Waals surface area contributed by atoms with E-state index in [9.17, 15) is 19.2 Å². The molecule has 7 atom stereocenters. The van der Waals surface area contributed by atoms with Gasteiger partial charge in [-0.25, -0.2) is 4.79 Å². The minimum Gasteiger partial charge on any atom is -0.458 e. The van der Waals surface area contributed by atoms with E-state index in [-0.39, 0.29) is 29.5 Å². The summed E-state index contributed by atoms with van der Waals surface area (Å²) in [6.45, 7) is 14.8. The van der Waals surface area contributed by atoms with Crippen LogP contribution in [0.15, 0.2) is 54.1 Å². The van der Waals surface area contributed by atoms with E-state index in [0.717, 1.165) is 6.42 Å². The van der Waals surface area contributed by atoms with E-state index < -0.39 is 41.6 Å². The molecule has 0 radical (unpaired) electrons. The molecule has 0 bridgehead atoms. The molecule has 4 rings (SSSR count). The van der Waals surface area contributed by atoms with Gasteiger partial charge in [0.1, 0.15) is 12.2 Å². The van der Waals surface area contributed by atoms with Gasteiger partial charge in [-0.15, -0.1) is 0 Å². The standard InChI is InChI=1S/C31H38O7/c1-17-13-14-23-24(30(23,6)7)15-18(2)28(34)31(38-21(5)33)16-19(3)27(25(31)26(17)36-20(4)32)37-29(35)22-11-9-8-10-12-22/h8-12,15,19,23-27H,1,13-14,16H2,2-7H3/b18-15+/t19-,23-,24-,25-,26?,27-,31+/m0/s1. The van der Waals surface area contributed by atoms with Crippen LogP contribution in [0.1, 0.15) is 71.2 Å². The van der Waals surface area contributed by atoms with Gasteiger partial charge in [-0.05, 0) is 66.2 Å². The van der Waals surface area contributed by atoms with Gasteiger partial charge < -0.3 is 14.2 Å². The number of ether oxygens (including phenoxy) is 3. The Kier molecular flexibility index (Phi) is 7.43. The number of hydrogen-bond acceptors (Lipinski definition) is 7. The first-order chi connectivity index (χ1) is 17.8. The van der Waals surface area contributed by atoms with Crippen molar-refractivity contribution in [2.75, 3.05) is 0 Å². The average Bonchev–Trinajstić information content (AvgIpc) is 3.24. The second-order valence-corrected chi connectivity index (χ2v) is 11.8. The van der Waals surface area contributed by atoms with Crippen molar-refractivity contribution in [3.63, 3.8) is 0 Å². The molecule has 3 aliphatic carbocycles. The summed E-state index contributed by atoms with van der Waals surface area (Å²) >= 11 is 0. The van der Waals surface area contributed by atoms with Crippen molar-refractivity contribution in [1.82, 2.24) is 0 Å². The molecule has 0 heterocycles. The first kappa shape index (κ1) is 27.8. The third kappa shape index (κ3) is 4.95. The maximum absolute atomic E-state index is 14.3. The van der Waals surface area contributed by atoms with E-state index in [1.165, 1.54) is 13.8 Å². The summed E-state index contributed by atoms with van der Waals surface area (Å²) in [5, 5.41) is 0. The van der Waals surface area contributed by atoms with Gasteiger partial charge in [0, 0.05) is 20.3 Å². The van der Waals surface area contributed by atoms with Crippen molar-refractivity contribution in [3.05, 3.63) is 59.7 Å². The predicted octanol–water partition coefficient (Wildman–Crippen LogP) is 5.24. The number of allylic oxidation sites excluding steroid dienone is 1. The highest BCUT2D eigenvalue weighted by molar-refractivity contribution is 6.03. The zero-order valence-electron chi connectivity index (χ0n) is 23.1. The molecule has 0 aliphatic heterocycles. The third-order valence-corrected chi connectivity index (χ3v) is 8.77. The number of Topliss-reactive ketones (excluding diaryl/α,β-unsaturated/α-hetero) is 1. The molecule has 0 aromatic heterocycles. The van der Waals surface area contributed by atoms with E-state index in [4.69, 9.17) is 14.2 Å². The molecule has 3 aliphatic rings. The van der Waals surface area contributed by atoms with E-state index in [2.05, 4.69) is 20.4 Å². The van der Waals surface area contributed by atoms with Gasteiger partial charge in [0.05, 0.1) is 11.5 Å². The average molecular weight is 523 g/mol. The number of esters is 3. The zero-order chi connectivity index (χ0) is 28.0. The van der Waals surface area contributed by atoms with Crippen LogP contribution in [-0.4, -0.2) is 41.5 Å². The van der Waals surface area contributed by atoms with Gasteiger partial charge in [0.2, 0.25) is 5.78 Å². The smallest absolute Gasteiger partial charge is 0.338 e. The number of benzene rings is 1. The summed E-state index contributed by atoms with van der Waals surface area (Å²) in [7, 11) is 0. The van der Waals surface area contributed by atoms with Gasteiger partial charge in [-0.1, -0.05) is 51.6 Å². The van der Waals surface area contributed by atoms with Crippen LogP contribution in [0.4, 0.5) is 0 Å². The Morgan fingerprint density at radius 2 is 1.68 bits per heavy atom. The monoisotopic (exact) mass is 522 g/mol. The Hall–Kier alpha value is -3.22. The van der Waals surface area contributed by atoms with Crippen molar-refractivity contribution >= 4 is 23.7 Å². The number of fused-ring (bicyclic) bond motifs is 2. The van der Waals surface area contributed by atoms with Gasteiger partial charge in [0.25, 0.3) is 0 Å². The van der Waals surface area contributed by atoms with E-state index in [0.29, 0.717) is 29.0 Å². The molecule has 2 saturated carbocycles. The molecule has 0 amide bonds. The molecule has 1 aromatic carbocycles. The predicted molar refractivity (Wildman–Crippen MR) is 141 cm³/mol. The first-order valence-electron chi connectivity index (χ1n) is 13.3. The lowest BCUT2D eigenvalue weighted by Crippen LogP contribution is -2.55. The number of rotatable bonds is 4. The Morgan fingerprint density at radius 3 is 2.29 bits per heavy atom. The fourth-order valence-corrected chi connectivity index (χ4v) is 6.80. The van der Waals surface area contributed by atoms with E-state index >= 15 is 0 Å². The molecule has 1 unspecified atom stereocenters. The second-order valence-electron chi connectivity index (χ2n) is 11.8. The van der Waals surface area contributed by atoms with Crippen LogP contribution >= 0.6 is 0 Å². The van der Waals surface area contributed by atoms with Crippen molar-refractivity contribution in [2.45, 2.75) is 78.6 Å². The fourth-order valence-electron chi connectivity index (χ4n) is 6.80. The zero-order valence-corrected chi connectivity index (χ0v) is 23.1. The highest BCUT2D eigenvalue weighted by Gasteiger charge is 2.65. The maximum Gasteiger partial charge on any atom is 0.338 e. The van der Waals surface area contributed by atoms with Crippen LogP contribution in [0.25, 0.3) is 0 Å². The van der Waals surface area contributed by atoms with Crippen molar-refractivity contribution in [3.8, 4) is 0 Å². The SMILES string of the molecule is C=C1CC[C@H]2[C@H](/C=C(\C)C(=O)[C@@]3(OC(C)=O)C[C@H](C)[C@H](OC(=O)c4ccccc4)[C@@H]3C1OC(C)=O)C2(C)C. The maximum atomic E-state index is 14.3. The number of carbonyl (C=O) groups excluding carboxylic acids is 4. The van der Waals surface area contributed by atoms with Gasteiger partial charge in [-0.3, -0.25) is 14.4 Å². The lowest BCUT2D eigenvalue weighted by molar-refractivity contribution is -0.179. The summed E-state index contributed by atoms with van der Waals surface area (Å²) < 4.78 is 17.9. The van der Waals surface area contributed by atoms with Crippen molar-refractivity contribution in [1.29, 1.82) is 0 Å². The largest absolute Gasteiger partial charge is 0.458 e. The first-order valence-corrected chi connectivity index (χ1v) is 13.3. The van der Waals surface area contributed by atoms with Gasteiger partial charge in [-0.2, -0.15) is 0 Å². The lowest BCUT2D eigenvalue weighted by atomic mass is 9.76. The molecular weight excluding hydrogens is 484 g/mol. The Labute approximate surface area is 224 Å². The minimum atomic E-state index is -1.69. The molecule has 7 heteroatoms. The summed E-state index contributed by atoms with van der Waals surface area (Å²) in [6, 6.07) is 8.56. The summed E-state index contributed by atoms with van der Waals surface area (Å²) in [5.74, 6) is -2.89. The topological polar surface area (TPSA) is 96.0 Å². The quantitative estimate of drug-likeness (QED) is 0.303. The number of hydrogen-bond donors (Lipinski definition) is 0. The molecular formula is C31H38O7. The van der Waals surface area contributed by atoms with Crippen molar-refractivity contribution < 1.29 is 33.4 Å². The van der Waals surface area contributed by atoms with E-state index in [1.54, 1.807) is 37.3 Å². The minimum absolute atomic E-state index is 0.0165. The lowest BCUT2D eigenvalue weighted by Gasteiger charge is -2.39. The molecule has 0 spiro atoms. The van der Waals surface area contributed by atoms with Crippen LogP contribution in [-0.2, 0) is 28.6 Å².